The first-order valence-electron chi connectivity index (χ1n) is 7.06. The molecule has 0 saturated carbocycles. The molecule has 3 rings (SSSR count). The lowest BCUT2D eigenvalue weighted by atomic mass is 10.1. The van der Waals surface area contributed by atoms with Gasteiger partial charge in [0, 0.05) is 27.4 Å². The third kappa shape index (κ3) is 3.58. The van der Waals surface area contributed by atoms with E-state index in [9.17, 15) is 4.79 Å². The van der Waals surface area contributed by atoms with Crippen molar-refractivity contribution in [2.45, 2.75) is 6.92 Å². The van der Waals surface area contributed by atoms with Crippen molar-refractivity contribution < 1.29 is 4.79 Å². The third-order valence-electron chi connectivity index (χ3n) is 3.43. The molecule has 0 aliphatic rings. The summed E-state index contributed by atoms with van der Waals surface area (Å²) in [5, 5.41) is 7.15. The molecule has 0 aliphatic carbocycles. The fourth-order valence-corrected chi connectivity index (χ4v) is 2.63. The van der Waals surface area contributed by atoms with Gasteiger partial charge in [-0.15, -0.1) is 0 Å². The van der Waals surface area contributed by atoms with Crippen LogP contribution in [0.25, 0.3) is 11.4 Å². The lowest BCUT2D eigenvalue weighted by Crippen LogP contribution is -2.12. The van der Waals surface area contributed by atoms with Gasteiger partial charge in [0.2, 0.25) is 0 Å². The van der Waals surface area contributed by atoms with Crippen LogP contribution >= 0.6 is 22.6 Å². The molecule has 1 N–H and O–H groups in total. The van der Waals surface area contributed by atoms with Gasteiger partial charge < -0.3 is 5.32 Å². The molecule has 0 saturated heterocycles. The number of hydrogen-bond donors (Lipinski definition) is 1. The van der Waals surface area contributed by atoms with E-state index >= 15 is 0 Å². The van der Waals surface area contributed by atoms with E-state index in [0.29, 0.717) is 11.4 Å². The van der Waals surface area contributed by atoms with Crippen molar-refractivity contribution in [1.82, 2.24) is 14.8 Å². The van der Waals surface area contributed by atoms with Gasteiger partial charge in [-0.1, -0.05) is 6.07 Å². The SMILES string of the molecule is Cc1ccc(C(=O)Nc2ccc(-c3ncn(C)n3)cc2)cc1I. The Morgan fingerprint density at radius 3 is 2.52 bits per heavy atom. The molecule has 0 unspecified atom stereocenters. The summed E-state index contributed by atoms with van der Waals surface area (Å²) in [5.74, 6) is 0.546. The highest BCUT2D eigenvalue weighted by Gasteiger charge is 2.08. The molecule has 2 aromatic carbocycles. The topological polar surface area (TPSA) is 59.8 Å². The van der Waals surface area contributed by atoms with E-state index in [1.54, 1.807) is 11.0 Å². The maximum atomic E-state index is 12.3. The molecular weight excluding hydrogens is 403 g/mol. The molecule has 1 amide bonds. The Hall–Kier alpha value is -2.22. The van der Waals surface area contributed by atoms with Crippen molar-refractivity contribution in [2.24, 2.45) is 7.05 Å². The molecule has 3 aromatic rings. The minimum Gasteiger partial charge on any atom is -0.322 e. The van der Waals surface area contributed by atoms with Crippen LogP contribution in [0.2, 0.25) is 0 Å². The number of amides is 1. The van der Waals surface area contributed by atoms with Gasteiger partial charge in [0.1, 0.15) is 6.33 Å². The molecule has 0 radical (unpaired) electrons. The maximum Gasteiger partial charge on any atom is 0.255 e. The van der Waals surface area contributed by atoms with Crippen molar-refractivity contribution in [1.29, 1.82) is 0 Å². The third-order valence-corrected chi connectivity index (χ3v) is 4.60. The molecule has 0 spiro atoms. The monoisotopic (exact) mass is 418 g/mol. The van der Waals surface area contributed by atoms with Crippen molar-refractivity contribution in [3.05, 3.63) is 63.5 Å². The van der Waals surface area contributed by atoms with Crippen LogP contribution in [0.3, 0.4) is 0 Å². The van der Waals surface area contributed by atoms with E-state index in [-0.39, 0.29) is 5.91 Å². The number of carbonyl (C=O) groups is 1. The number of nitrogens with zero attached hydrogens (tertiary/aromatic N) is 3. The van der Waals surface area contributed by atoms with Gasteiger partial charge in [-0.3, -0.25) is 9.48 Å². The van der Waals surface area contributed by atoms with Crippen LogP contribution in [0.15, 0.2) is 48.8 Å². The van der Waals surface area contributed by atoms with E-state index in [4.69, 9.17) is 0 Å². The number of halogens is 1. The zero-order valence-electron chi connectivity index (χ0n) is 12.7. The van der Waals surface area contributed by atoms with Crippen LogP contribution in [-0.2, 0) is 7.05 Å². The van der Waals surface area contributed by atoms with Crippen LogP contribution in [0.4, 0.5) is 5.69 Å². The predicted molar refractivity (Wildman–Crippen MR) is 98.3 cm³/mol. The first kappa shape index (κ1) is 15.7. The summed E-state index contributed by atoms with van der Waals surface area (Å²) in [4.78, 5) is 16.5. The second-order valence-electron chi connectivity index (χ2n) is 5.24. The Balaban J connectivity index is 1.75. The molecule has 0 atom stereocenters. The second kappa shape index (κ2) is 6.49. The maximum absolute atomic E-state index is 12.3. The molecule has 6 heteroatoms. The fourth-order valence-electron chi connectivity index (χ4n) is 2.11. The molecule has 23 heavy (non-hydrogen) atoms. The Labute approximate surface area is 147 Å². The minimum atomic E-state index is -0.119. The van der Waals surface area contributed by atoms with Crippen molar-refractivity contribution in [3.8, 4) is 11.4 Å². The highest BCUT2D eigenvalue weighted by Crippen LogP contribution is 2.19. The Kier molecular flexibility index (Phi) is 4.42. The summed E-state index contributed by atoms with van der Waals surface area (Å²) in [6.45, 7) is 2.02. The summed E-state index contributed by atoms with van der Waals surface area (Å²) >= 11 is 2.23. The molecule has 1 aromatic heterocycles. The normalized spacial score (nSPS) is 10.6. The number of benzene rings is 2. The average molecular weight is 418 g/mol. The van der Waals surface area contributed by atoms with Gasteiger partial charge >= 0.3 is 0 Å². The van der Waals surface area contributed by atoms with Crippen LogP contribution in [0.1, 0.15) is 15.9 Å². The Morgan fingerprint density at radius 1 is 1.17 bits per heavy atom. The number of rotatable bonds is 3. The Morgan fingerprint density at radius 2 is 1.91 bits per heavy atom. The first-order chi connectivity index (χ1) is 11.0. The lowest BCUT2D eigenvalue weighted by molar-refractivity contribution is 0.102. The summed E-state index contributed by atoms with van der Waals surface area (Å²) in [6, 6.07) is 13.2. The standard InChI is InChI=1S/C17H15IN4O/c1-11-3-4-13(9-15(11)18)17(23)20-14-7-5-12(6-8-14)16-19-10-22(2)21-16/h3-10H,1-2H3,(H,20,23). The number of carbonyl (C=O) groups excluding carboxylic acids is 1. The molecule has 1 heterocycles. The van der Waals surface area contributed by atoms with Crippen molar-refractivity contribution >= 4 is 34.2 Å². The molecule has 0 fully saturated rings. The van der Waals surface area contributed by atoms with Gasteiger partial charge in [0.15, 0.2) is 5.82 Å². The van der Waals surface area contributed by atoms with E-state index in [1.807, 2.05) is 56.4 Å². The fraction of sp³-hybridized carbons (Fsp3) is 0.118. The quantitative estimate of drug-likeness (QED) is 0.661. The van der Waals surface area contributed by atoms with Crippen LogP contribution in [0.5, 0.6) is 0 Å². The number of hydrogen-bond acceptors (Lipinski definition) is 3. The van der Waals surface area contributed by atoms with Crippen LogP contribution in [-0.4, -0.2) is 20.7 Å². The summed E-state index contributed by atoms with van der Waals surface area (Å²) in [5.41, 5.74) is 3.46. The molecule has 0 bridgehead atoms. The van der Waals surface area contributed by atoms with Gasteiger partial charge in [-0.05, 0) is 71.5 Å². The molecule has 0 aliphatic heterocycles. The summed E-state index contributed by atoms with van der Waals surface area (Å²) in [6.07, 6.45) is 1.66. The summed E-state index contributed by atoms with van der Waals surface area (Å²) < 4.78 is 2.73. The zero-order valence-corrected chi connectivity index (χ0v) is 14.9. The number of aryl methyl sites for hydroxylation is 2. The molecule has 5 nitrogen and oxygen atoms in total. The van der Waals surface area contributed by atoms with Crippen LogP contribution in [0, 0.1) is 10.5 Å². The largest absolute Gasteiger partial charge is 0.322 e. The molecule has 116 valence electrons. The lowest BCUT2D eigenvalue weighted by Gasteiger charge is -2.07. The highest BCUT2D eigenvalue weighted by molar-refractivity contribution is 14.1. The number of nitrogens with one attached hydrogen (secondary N) is 1. The van der Waals surface area contributed by atoms with Gasteiger partial charge in [-0.25, -0.2) is 4.98 Å². The van der Waals surface area contributed by atoms with E-state index in [1.165, 1.54) is 0 Å². The van der Waals surface area contributed by atoms with E-state index in [2.05, 4.69) is 38.0 Å². The average Bonchev–Trinajstić information content (AvgIpc) is 2.97. The first-order valence-corrected chi connectivity index (χ1v) is 8.14. The van der Waals surface area contributed by atoms with E-state index in [0.717, 1.165) is 20.4 Å². The summed E-state index contributed by atoms with van der Waals surface area (Å²) in [7, 11) is 1.83. The van der Waals surface area contributed by atoms with Crippen LogP contribution < -0.4 is 5.32 Å². The van der Waals surface area contributed by atoms with Crippen molar-refractivity contribution in [2.75, 3.05) is 5.32 Å². The van der Waals surface area contributed by atoms with Gasteiger partial charge in [-0.2, -0.15) is 5.10 Å². The smallest absolute Gasteiger partial charge is 0.255 e. The predicted octanol–water partition coefficient (Wildman–Crippen LogP) is 3.65. The van der Waals surface area contributed by atoms with E-state index < -0.39 is 0 Å². The molecular formula is C17H15IN4O. The van der Waals surface area contributed by atoms with Gasteiger partial charge in [0.05, 0.1) is 0 Å². The zero-order chi connectivity index (χ0) is 16.4. The van der Waals surface area contributed by atoms with Gasteiger partial charge in [0.25, 0.3) is 5.91 Å². The highest BCUT2D eigenvalue weighted by atomic mass is 127. The number of anilines is 1. The Bertz CT molecular complexity index is 855. The second-order valence-corrected chi connectivity index (χ2v) is 6.40. The minimum absolute atomic E-state index is 0.119. The van der Waals surface area contributed by atoms with Crippen molar-refractivity contribution in [3.63, 3.8) is 0 Å². The number of aromatic nitrogens is 3.